The van der Waals surface area contributed by atoms with Gasteiger partial charge in [0, 0.05) is 38.1 Å². The predicted molar refractivity (Wildman–Crippen MR) is 54.8 cm³/mol. The van der Waals surface area contributed by atoms with Crippen molar-refractivity contribution in [2.24, 2.45) is 5.73 Å². The van der Waals surface area contributed by atoms with Gasteiger partial charge in [-0.25, -0.2) is 0 Å². The molecule has 4 nitrogen and oxygen atoms in total. The molecule has 0 bridgehead atoms. The number of carbonyl (C=O) groups is 1. The molecular formula is C10H19N3O. The molecule has 14 heavy (non-hydrogen) atoms. The summed E-state index contributed by atoms with van der Waals surface area (Å²) < 4.78 is 0. The van der Waals surface area contributed by atoms with E-state index in [-0.39, 0.29) is 5.91 Å². The number of nitrogens with one attached hydrogen (secondary N) is 1. The Morgan fingerprint density at radius 3 is 2.86 bits per heavy atom. The molecule has 1 aliphatic heterocycles. The molecule has 0 aromatic carbocycles. The van der Waals surface area contributed by atoms with Gasteiger partial charge in [-0.1, -0.05) is 0 Å². The van der Waals surface area contributed by atoms with Crippen LogP contribution in [0.15, 0.2) is 0 Å². The third kappa shape index (κ3) is 2.45. The molecule has 4 heteroatoms. The molecule has 1 amide bonds. The number of amides is 1. The van der Waals surface area contributed by atoms with Gasteiger partial charge in [0.25, 0.3) is 0 Å². The van der Waals surface area contributed by atoms with Gasteiger partial charge in [0.1, 0.15) is 0 Å². The van der Waals surface area contributed by atoms with Crippen LogP contribution in [0.5, 0.6) is 0 Å². The molecule has 1 saturated heterocycles. The van der Waals surface area contributed by atoms with Crippen LogP contribution in [0.1, 0.15) is 25.7 Å². The summed E-state index contributed by atoms with van der Waals surface area (Å²) in [4.78, 5) is 13.8. The Morgan fingerprint density at radius 2 is 2.21 bits per heavy atom. The molecule has 1 atom stereocenters. The van der Waals surface area contributed by atoms with Crippen molar-refractivity contribution in [3.8, 4) is 0 Å². The van der Waals surface area contributed by atoms with Crippen LogP contribution >= 0.6 is 0 Å². The van der Waals surface area contributed by atoms with Crippen molar-refractivity contribution < 1.29 is 4.79 Å². The zero-order chi connectivity index (χ0) is 9.97. The fraction of sp³-hybridized carbons (Fsp3) is 0.900. The van der Waals surface area contributed by atoms with E-state index in [1.165, 1.54) is 12.8 Å². The molecule has 0 aromatic heterocycles. The second-order valence-corrected chi connectivity index (χ2v) is 4.32. The summed E-state index contributed by atoms with van der Waals surface area (Å²) in [6, 6.07) is 1.20. The van der Waals surface area contributed by atoms with Crippen LogP contribution in [0.25, 0.3) is 0 Å². The maximum atomic E-state index is 11.3. The molecule has 0 spiro atoms. The van der Waals surface area contributed by atoms with Gasteiger partial charge >= 0.3 is 0 Å². The molecule has 2 rings (SSSR count). The third-order valence-corrected chi connectivity index (χ3v) is 3.02. The first kappa shape index (κ1) is 9.93. The summed E-state index contributed by atoms with van der Waals surface area (Å²) in [6.07, 6.45) is 4.26. The van der Waals surface area contributed by atoms with Crippen LogP contribution in [0.2, 0.25) is 0 Å². The van der Waals surface area contributed by atoms with Gasteiger partial charge in [-0.2, -0.15) is 0 Å². The second-order valence-electron chi connectivity index (χ2n) is 4.32. The van der Waals surface area contributed by atoms with Crippen LogP contribution in [-0.4, -0.2) is 42.5 Å². The minimum Gasteiger partial charge on any atom is -0.352 e. The van der Waals surface area contributed by atoms with E-state index in [2.05, 4.69) is 10.2 Å². The standard InChI is InChI=1S/C10H19N3O/c11-5-3-10(14)12-8-4-6-13(7-8)9-1-2-9/h8-9H,1-7,11H2,(H,12,14). The lowest BCUT2D eigenvalue weighted by Gasteiger charge is -2.15. The molecule has 2 fully saturated rings. The van der Waals surface area contributed by atoms with Crippen LogP contribution in [0.3, 0.4) is 0 Å². The fourth-order valence-electron chi connectivity index (χ4n) is 2.11. The Morgan fingerprint density at radius 1 is 1.43 bits per heavy atom. The monoisotopic (exact) mass is 197 g/mol. The molecular weight excluding hydrogens is 178 g/mol. The number of carbonyl (C=O) groups excluding carboxylic acids is 1. The molecule has 0 radical (unpaired) electrons. The van der Waals surface area contributed by atoms with E-state index in [0.717, 1.165) is 25.6 Å². The van der Waals surface area contributed by atoms with Crippen molar-refractivity contribution >= 4 is 5.91 Å². The van der Waals surface area contributed by atoms with Crippen LogP contribution in [0, 0.1) is 0 Å². The average Bonchev–Trinajstić information content (AvgIpc) is 2.89. The first-order valence-electron chi connectivity index (χ1n) is 5.53. The number of rotatable bonds is 4. The SMILES string of the molecule is NCCC(=O)NC1CCN(C2CC2)C1. The lowest BCUT2D eigenvalue weighted by molar-refractivity contribution is -0.121. The topological polar surface area (TPSA) is 58.4 Å². The third-order valence-electron chi connectivity index (χ3n) is 3.02. The fourth-order valence-corrected chi connectivity index (χ4v) is 2.11. The van der Waals surface area contributed by atoms with Crippen molar-refractivity contribution in [1.29, 1.82) is 0 Å². The summed E-state index contributed by atoms with van der Waals surface area (Å²) in [5.74, 6) is 0.107. The van der Waals surface area contributed by atoms with Gasteiger partial charge in [-0.05, 0) is 19.3 Å². The number of hydrogen-bond acceptors (Lipinski definition) is 3. The van der Waals surface area contributed by atoms with Gasteiger partial charge in [0.05, 0.1) is 0 Å². The highest BCUT2D eigenvalue weighted by Gasteiger charge is 2.34. The maximum absolute atomic E-state index is 11.3. The number of nitrogens with two attached hydrogens (primary N) is 1. The highest BCUT2D eigenvalue weighted by molar-refractivity contribution is 5.76. The first-order valence-corrected chi connectivity index (χ1v) is 5.53. The molecule has 0 aromatic rings. The van der Waals surface area contributed by atoms with Crippen molar-refractivity contribution in [3.05, 3.63) is 0 Å². The molecule has 1 aliphatic carbocycles. The van der Waals surface area contributed by atoms with Crippen LogP contribution in [-0.2, 0) is 4.79 Å². The zero-order valence-corrected chi connectivity index (χ0v) is 8.54. The minimum absolute atomic E-state index is 0.107. The average molecular weight is 197 g/mol. The lowest BCUT2D eigenvalue weighted by Crippen LogP contribution is -2.38. The summed E-state index contributed by atoms with van der Waals surface area (Å²) in [6.45, 7) is 2.64. The quantitative estimate of drug-likeness (QED) is 0.650. The van der Waals surface area contributed by atoms with E-state index in [1.807, 2.05) is 0 Å². The highest BCUT2D eigenvalue weighted by Crippen LogP contribution is 2.29. The Balaban J connectivity index is 1.69. The highest BCUT2D eigenvalue weighted by atomic mass is 16.1. The van der Waals surface area contributed by atoms with E-state index in [4.69, 9.17) is 5.73 Å². The van der Waals surface area contributed by atoms with E-state index in [1.54, 1.807) is 0 Å². The second kappa shape index (κ2) is 4.28. The van der Waals surface area contributed by atoms with E-state index >= 15 is 0 Å². The van der Waals surface area contributed by atoms with Gasteiger partial charge in [-0.15, -0.1) is 0 Å². The summed E-state index contributed by atoms with van der Waals surface area (Å²) in [5, 5.41) is 3.03. The molecule has 1 saturated carbocycles. The Bertz CT molecular complexity index is 215. The Kier molecular flexibility index (Phi) is 3.03. The van der Waals surface area contributed by atoms with Crippen LogP contribution < -0.4 is 11.1 Å². The van der Waals surface area contributed by atoms with E-state index in [9.17, 15) is 4.79 Å². The van der Waals surface area contributed by atoms with E-state index < -0.39 is 0 Å². The van der Waals surface area contributed by atoms with E-state index in [0.29, 0.717) is 19.0 Å². The van der Waals surface area contributed by atoms with Gasteiger partial charge < -0.3 is 11.1 Å². The maximum Gasteiger partial charge on any atom is 0.221 e. The molecule has 80 valence electrons. The van der Waals surface area contributed by atoms with Crippen molar-refractivity contribution in [2.45, 2.75) is 37.8 Å². The van der Waals surface area contributed by atoms with Crippen molar-refractivity contribution in [3.63, 3.8) is 0 Å². The van der Waals surface area contributed by atoms with Gasteiger partial charge in [0.2, 0.25) is 5.91 Å². The normalized spacial score (nSPS) is 27.9. The number of nitrogens with zero attached hydrogens (tertiary/aromatic N) is 1. The lowest BCUT2D eigenvalue weighted by atomic mass is 10.2. The van der Waals surface area contributed by atoms with Crippen molar-refractivity contribution in [2.75, 3.05) is 19.6 Å². The largest absolute Gasteiger partial charge is 0.352 e. The first-order chi connectivity index (χ1) is 6.79. The summed E-state index contributed by atoms with van der Waals surface area (Å²) >= 11 is 0. The number of likely N-dealkylation sites (tertiary alicyclic amines) is 1. The van der Waals surface area contributed by atoms with Gasteiger partial charge in [-0.3, -0.25) is 9.69 Å². The van der Waals surface area contributed by atoms with Crippen LogP contribution in [0.4, 0.5) is 0 Å². The molecule has 2 aliphatic rings. The zero-order valence-electron chi connectivity index (χ0n) is 8.54. The predicted octanol–water partition coefficient (Wildman–Crippen LogP) is -0.312. The Labute approximate surface area is 84.8 Å². The smallest absolute Gasteiger partial charge is 0.221 e. The summed E-state index contributed by atoms with van der Waals surface area (Å²) in [7, 11) is 0. The molecule has 3 N–H and O–H groups in total. The number of hydrogen-bond donors (Lipinski definition) is 2. The minimum atomic E-state index is 0.107. The Hall–Kier alpha value is -0.610. The summed E-state index contributed by atoms with van der Waals surface area (Å²) in [5.41, 5.74) is 5.32. The molecule has 1 unspecified atom stereocenters. The van der Waals surface area contributed by atoms with Crippen molar-refractivity contribution in [1.82, 2.24) is 10.2 Å². The van der Waals surface area contributed by atoms with Gasteiger partial charge in [0.15, 0.2) is 0 Å². The molecule has 1 heterocycles.